The van der Waals surface area contributed by atoms with Gasteiger partial charge in [-0.3, -0.25) is 14.5 Å². The van der Waals surface area contributed by atoms with Crippen LogP contribution < -0.4 is 10.1 Å². The molecular weight excluding hydrogens is 383 g/mol. The van der Waals surface area contributed by atoms with E-state index in [9.17, 15) is 14.0 Å². The number of para-hydroxylation sites is 2. The molecule has 1 aliphatic rings. The molecule has 0 unspecified atom stereocenters. The molecule has 150 valence electrons. The summed E-state index contributed by atoms with van der Waals surface area (Å²) >= 11 is 0. The number of halogens is 1. The van der Waals surface area contributed by atoms with Crippen molar-refractivity contribution < 1.29 is 18.7 Å². The summed E-state index contributed by atoms with van der Waals surface area (Å²) < 4.78 is 18.8. The van der Waals surface area contributed by atoms with Crippen LogP contribution in [0, 0.1) is 5.82 Å². The van der Waals surface area contributed by atoms with Gasteiger partial charge in [-0.1, -0.05) is 48.5 Å². The van der Waals surface area contributed by atoms with Crippen LogP contribution in [0.4, 0.5) is 10.1 Å². The second-order valence-electron chi connectivity index (χ2n) is 6.76. The maximum absolute atomic E-state index is 13.4. The van der Waals surface area contributed by atoms with Crippen LogP contribution >= 0.6 is 0 Å². The third kappa shape index (κ3) is 3.67. The Morgan fingerprint density at radius 2 is 1.53 bits per heavy atom. The average Bonchev–Trinajstić information content (AvgIpc) is 3.00. The number of methoxy groups -OCH3 is 1. The molecule has 3 aromatic rings. The number of nitrogens with one attached hydrogen (secondary N) is 1. The SMILES string of the molecule is COc1ccccc1CN1C(=O)C(Nc2ccccc2)=C(c2ccc(F)cc2)C1=O. The standard InChI is InChI=1S/C24H19FN2O3/c1-30-20-10-6-5-7-17(20)15-27-23(28)21(16-11-13-18(25)14-12-16)22(24(27)29)26-19-8-3-2-4-9-19/h2-14,26H,15H2,1H3. The Kier molecular flexibility index (Phi) is 5.30. The molecule has 0 radical (unpaired) electrons. The van der Waals surface area contributed by atoms with E-state index in [-0.39, 0.29) is 17.8 Å². The lowest BCUT2D eigenvalue weighted by atomic mass is 10.0. The molecule has 0 fully saturated rings. The number of rotatable bonds is 6. The molecule has 30 heavy (non-hydrogen) atoms. The van der Waals surface area contributed by atoms with E-state index in [1.807, 2.05) is 30.3 Å². The predicted molar refractivity (Wildman–Crippen MR) is 112 cm³/mol. The molecule has 1 N–H and O–H groups in total. The molecule has 0 saturated carbocycles. The van der Waals surface area contributed by atoms with E-state index in [0.29, 0.717) is 22.6 Å². The van der Waals surface area contributed by atoms with Crippen molar-refractivity contribution in [2.75, 3.05) is 12.4 Å². The molecule has 6 heteroatoms. The van der Waals surface area contributed by atoms with Gasteiger partial charge in [0.25, 0.3) is 11.8 Å². The molecule has 5 nitrogen and oxygen atoms in total. The summed E-state index contributed by atoms with van der Waals surface area (Å²) in [6.07, 6.45) is 0. The van der Waals surface area contributed by atoms with Crippen LogP contribution in [0.25, 0.3) is 5.57 Å². The number of carbonyl (C=O) groups is 2. The van der Waals surface area contributed by atoms with Crippen molar-refractivity contribution in [3.8, 4) is 5.75 Å². The first-order valence-electron chi connectivity index (χ1n) is 9.39. The molecule has 1 heterocycles. The molecule has 0 spiro atoms. The van der Waals surface area contributed by atoms with E-state index in [0.717, 1.165) is 0 Å². The number of ether oxygens (including phenoxy) is 1. The fourth-order valence-corrected chi connectivity index (χ4v) is 3.39. The minimum atomic E-state index is -0.450. The number of nitrogens with zero attached hydrogens (tertiary/aromatic N) is 1. The zero-order chi connectivity index (χ0) is 21.1. The first-order valence-corrected chi connectivity index (χ1v) is 9.39. The molecule has 0 aromatic heterocycles. The molecule has 3 aromatic carbocycles. The summed E-state index contributed by atoms with van der Waals surface area (Å²) in [6, 6.07) is 21.9. The highest BCUT2D eigenvalue weighted by Gasteiger charge is 2.39. The maximum Gasteiger partial charge on any atom is 0.278 e. The van der Waals surface area contributed by atoms with E-state index >= 15 is 0 Å². The highest BCUT2D eigenvalue weighted by molar-refractivity contribution is 6.36. The highest BCUT2D eigenvalue weighted by atomic mass is 19.1. The van der Waals surface area contributed by atoms with E-state index in [1.165, 1.54) is 36.3 Å². The Balaban J connectivity index is 1.74. The number of carbonyl (C=O) groups excluding carboxylic acids is 2. The van der Waals surface area contributed by atoms with Crippen molar-refractivity contribution in [1.29, 1.82) is 0 Å². The van der Waals surface area contributed by atoms with Gasteiger partial charge in [0.1, 0.15) is 17.3 Å². The molecule has 0 atom stereocenters. The van der Waals surface area contributed by atoms with Crippen LogP contribution in [0.2, 0.25) is 0 Å². The third-order valence-corrected chi connectivity index (χ3v) is 4.87. The van der Waals surface area contributed by atoms with Crippen molar-refractivity contribution in [2.45, 2.75) is 6.54 Å². The van der Waals surface area contributed by atoms with Crippen LogP contribution in [0.1, 0.15) is 11.1 Å². The van der Waals surface area contributed by atoms with Crippen molar-refractivity contribution >= 4 is 23.1 Å². The van der Waals surface area contributed by atoms with Crippen LogP contribution in [0.5, 0.6) is 5.75 Å². The van der Waals surface area contributed by atoms with Gasteiger partial charge in [-0.15, -0.1) is 0 Å². The van der Waals surface area contributed by atoms with Crippen LogP contribution in [0.15, 0.2) is 84.6 Å². The van der Waals surface area contributed by atoms with Crippen molar-refractivity contribution in [2.24, 2.45) is 0 Å². The van der Waals surface area contributed by atoms with E-state index < -0.39 is 17.6 Å². The monoisotopic (exact) mass is 402 g/mol. The third-order valence-electron chi connectivity index (χ3n) is 4.87. The zero-order valence-corrected chi connectivity index (χ0v) is 16.3. The lowest BCUT2D eigenvalue weighted by molar-refractivity contribution is -0.137. The number of amides is 2. The molecule has 2 amide bonds. The molecule has 1 aliphatic heterocycles. The van der Waals surface area contributed by atoms with Crippen LogP contribution in [0.3, 0.4) is 0 Å². The van der Waals surface area contributed by atoms with Crippen molar-refractivity contribution in [3.05, 3.63) is 102 Å². The Hall–Kier alpha value is -3.93. The molecule has 0 saturated heterocycles. The normalized spacial score (nSPS) is 13.7. The summed E-state index contributed by atoms with van der Waals surface area (Å²) in [5.41, 5.74) is 2.22. The number of hydrogen-bond donors (Lipinski definition) is 1. The molecular formula is C24H19FN2O3. The van der Waals surface area contributed by atoms with Crippen LogP contribution in [-0.2, 0) is 16.1 Å². The molecule has 4 rings (SSSR count). The minimum Gasteiger partial charge on any atom is -0.496 e. The van der Waals surface area contributed by atoms with Crippen molar-refractivity contribution in [1.82, 2.24) is 4.90 Å². The largest absolute Gasteiger partial charge is 0.496 e. The number of benzene rings is 3. The van der Waals surface area contributed by atoms with Gasteiger partial charge >= 0.3 is 0 Å². The average molecular weight is 402 g/mol. The Labute approximate surface area is 173 Å². The lowest BCUT2D eigenvalue weighted by Gasteiger charge is -2.17. The first kappa shape index (κ1) is 19.4. The van der Waals surface area contributed by atoms with Crippen LogP contribution in [-0.4, -0.2) is 23.8 Å². The fourth-order valence-electron chi connectivity index (χ4n) is 3.39. The molecule has 0 aliphatic carbocycles. The minimum absolute atomic E-state index is 0.0618. The lowest BCUT2D eigenvalue weighted by Crippen LogP contribution is -2.32. The second-order valence-corrected chi connectivity index (χ2v) is 6.76. The van der Waals surface area contributed by atoms with Gasteiger partial charge in [0.2, 0.25) is 0 Å². The quantitative estimate of drug-likeness (QED) is 0.627. The Morgan fingerprint density at radius 1 is 0.867 bits per heavy atom. The topological polar surface area (TPSA) is 58.6 Å². The number of anilines is 1. The maximum atomic E-state index is 13.4. The van der Waals surface area contributed by atoms with Gasteiger partial charge in [0.05, 0.1) is 19.2 Å². The van der Waals surface area contributed by atoms with E-state index in [2.05, 4.69) is 5.32 Å². The fraction of sp³-hybridized carbons (Fsp3) is 0.0833. The smallest absolute Gasteiger partial charge is 0.278 e. The predicted octanol–water partition coefficient (Wildman–Crippen LogP) is 4.23. The number of imide groups is 1. The summed E-state index contributed by atoms with van der Waals surface area (Å²) in [4.78, 5) is 27.7. The first-order chi connectivity index (χ1) is 14.6. The van der Waals surface area contributed by atoms with E-state index in [1.54, 1.807) is 24.3 Å². The van der Waals surface area contributed by atoms with Gasteiger partial charge in [-0.25, -0.2) is 4.39 Å². The zero-order valence-electron chi connectivity index (χ0n) is 16.3. The summed E-state index contributed by atoms with van der Waals surface area (Å²) in [6.45, 7) is 0.0618. The summed E-state index contributed by atoms with van der Waals surface area (Å²) in [5.74, 6) is -0.726. The van der Waals surface area contributed by atoms with E-state index in [4.69, 9.17) is 4.74 Å². The van der Waals surface area contributed by atoms with Gasteiger partial charge in [0.15, 0.2) is 0 Å². The number of hydrogen-bond acceptors (Lipinski definition) is 4. The van der Waals surface area contributed by atoms with Gasteiger partial charge in [-0.2, -0.15) is 0 Å². The van der Waals surface area contributed by atoms with Gasteiger partial charge < -0.3 is 10.1 Å². The van der Waals surface area contributed by atoms with Gasteiger partial charge in [-0.05, 0) is 35.9 Å². The summed E-state index contributed by atoms with van der Waals surface area (Å²) in [7, 11) is 1.54. The summed E-state index contributed by atoms with van der Waals surface area (Å²) in [5, 5.41) is 3.07. The molecule has 0 bridgehead atoms. The Morgan fingerprint density at radius 3 is 2.23 bits per heavy atom. The Bertz CT molecular complexity index is 1120. The highest BCUT2D eigenvalue weighted by Crippen LogP contribution is 2.32. The second kappa shape index (κ2) is 8.21. The van der Waals surface area contributed by atoms with Crippen molar-refractivity contribution in [3.63, 3.8) is 0 Å². The van der Waals surface area contributed by atoms with Gasteiger partial charge in [0, 0.05) is 11.3 Å².